The van der Waals surface area contributed by atoms with Gasteiger partial charge in [-0.15, -0.1) is 0 Å². The number of Topliss-reactive ketones (excluding diaryl/α,β-unsaturated/α-hetero) is 1. The van der Waals surface area contributed by atoms with E-state index in [0.717, 1.165) is 30.5 Å². The molecule has 0 aliphatic carbocycles. The molecule has 0 bridgehead atoms. The molecule has 4 N–H and O–H groups in total. The number of para-hydroxylation sites is 1. The Bertz CT molecular complexity index is 1790. The number of anilines is 2. The normalized spacial score (nSPS) is 20.7. The van der Waals surface area contributed by atoms with Gasteiger partial charge in [-0.1, -0.05) is 18.2 Å². The zero-order valence-corrected chi connectivity index (χ0v) is 33.9. The third kappa shape index (κ3) is 9.78. The van der Waals surface area contributed by atoms with Crippen LogP contribution >= 0.6 is 31.9 Å². The molecule has 4 aliphatic heterocycles. The quantitative estimate of drug-likeness (QED) is 0.240. The molecule has 288 valence electrons. The van der Waals surface area contributed by atoms with Crippen molar-refractivity contribution in [2.24, 2.45) is 0 Å². The summed E-state index contributed by atoms with van der Waals surface area (Å²) in [7, 11) is -3.19. The minimum Gasteiger partial charge on any atom is -0.397 e. The molecule has 2 aromatic rings. The van der Waals surface area contributed by atoms with E-state index >= 15 is 0 Å². The maximum atomic E-state index is 14.1. The van der Waals surface area contributed by atoms with Crippen LogP contribution in [0.3, 0.4) is 0 Å². The van der Waals surface area contributed by atoms with Crippen molar-refractivity contribution in [3.8, 4) is 0 Å². The predicted octanol–water partition coefficient (Wildman–Crippen LogP) is 2.97. The van der Waals surface area contributed by atoms with Crippen LogP contribution in [0, 0.1) is 0 Å². The molecule has 2 aromatic carbocycles. The van der Waals surface area contributed by atoms with Crippen molar-refractivity contribution in [1.29, 1.82) is 0 Å². The van der Waals surface area contributed by atoms with E-state index in [2.05, 4.69) is 52.3 Å². The summed E-state index contributed by atoms with van der Waals surface area (Å²) in [6.07, 6.45) is 4.63. The Kier molecular flexibility index (Phi) is 12.8. The second-order valence-electron chi connectivity index (χ2n) is 14.4. The SMILES string of the molecule is CS(=O)(=O)N1CCN(C2CCN(CC(=O)NC(CC(=O)c3cc(Br)c(N)c(Br)c3)C(=O)N3CCC(N4CCc5ccccc5NC4=O)CC3)CC2)CC1. The summed E-state index contributed by atoms with van der Waals surface area (Å²) < 4.78 is 26.4. The maximum absolute atomic E-state index is 14.1. The largest absolute Gasteiger partial charge is 0.397 e. The molecule has 0 spiro atoms. The third-order valence-electron chi connectivity index (χ3n) is 11.0. The minimum absolute atomic E-state index is 0.0426. The van der Waals surface area contributed by atoms with Crippen LogP contribution in [0.2, 0.25) is 0 Å². The lowest BCUT2D eigenvalue weighted by Gasteiger charge is -2.42. The van der Waals surface area contributed by atoms with Crippen LogP contribution in [-0.2, 0) is 26.0 Å². The number of nitrogen functional groups attached to an aromatic ring is 1. The van der Waals surface area contributed by atoms with E-state index in [0.29, 0.717) is 98.0 Å². The fourth-order valence-corrected chi connectivity index (χ4v) is 9.90. The maximum Gasteiger partial charge on any atom is 0.322 e. The summed E-state index contributed by atoms with van der Waals surface area (Å²) in [5, 5.41) is 5.94. The van der Waals surface area contributed by atoms with Gasteiger partial charge >= 0.3 is 6.03 Å². The summed E-state index contributed by atoms with van der Waals surface area (Å²) in [4.78, 5) is 62.4. The predicted molar refractivity (Wildman–Crippen MR) is 210 cm³/mol. The number of piperidine rings is 2. The number of rotatable bonds is 10. The molecule has 53 heavy (non-hydrogen) atoms. The Morgan fingerprint density at radius 1 is 0.906 bits per heavy atom. The van der Waals surface area contributed by atoms with Crippen molar-refractivity contribution in [2.45, 2.75) is 56.7 Å². The number of likely N-dealkylation sites (tertiary alicyclic amines) is 2. The van der Waals surface area contributed by atoms with Crippen molar-refractivity contribution >= 4 is 76.9 Å². The minimum atomic E-state index is -3.19. The van der Waals surface area contributed by atoms with Crippen molar-refractivity contribution < 1.29 is 27.6 Å². The monoisotopic (exact) mass is 878 g/mol. The first-order chi connectivity index (χ1) is 25.3. The molecule has 4 heterocycles. The molecule has 3 fully saturated rings. The van der Waals surface area contributed by atoms with Crippen molar-refractivity contribution in [3.05, 3.63) is 56.5 Å². The van der Waals surface area contributed by atoms with E-state index in [4.69, 9.17) is 5.73 Å². The fraction of sp³-hybridized carbons (Fsp3) is 0.556. The second kappa shape index (κ2) is 17.1. The highest BCUT2D eigenvalue weighted by molar-refractivity contribution is 9.11. The number of carbonyl (C=O) groups excluding carboxylic acids is 4. The topological polar surface area (TPSA) is 169 Å². The van der Waals surface area contributed by atoms with Crippen LogP contribution in [0.5, 0.6) is 0 Å². The fourth-order valence-electron chi connectivity index (χ4n) is 7.89. The second-order valence-corrected chi connectivity index (χ2v) is 18.1. The smallest absolute Gasteiger partial charge is 0.322 e. The van der Waals surface area contributed by atoms with Crippen LogP contribution < -0.4 is 16.4 Å². The molecule has 0 saturated carbocycles. The van der Waals surface area contributed by atoms with E-state index in [-0.39, 0.29) is 42.6 Å². The van der Waals surface area contributed by atoms with Gasteiger partial charge in [0.2, 0.25) is 21.8 Å². The summed E-state index contributed by atoms with van der Waals surface area (Å²) in [6.45, 7) is 5.20. The standard InChI is InChI=1S/C36H48Br2N8O6S/c1-53(51,52)45-18-16-43(17-19-45)26-7-11-42(12-8-26)23-33(48)40-31(22-32(47)25-20-28(37)34(39)29(38)21-25)35(49)44-13-9-27(10-14-44)46-15-6-24-4-2-3-5-30(24)41-36(46)50/h2-5,20-21,26-27,31H,6-19,22-23,39H2,1H3,(H,40,48)(H,41,50). The molecule has 0 aromatic heterocycles. The van der Waals surface area contributed by atoms with Crippen LogP contribution in [0.25, 0.3) is 0 Å². The number of nitrogens with one attached hydrogen (secondary N) is 2. The highest BCUT2D eigenvalue weighted by Gasteiger charge is 2.36. The van der Waals surface area contributed by atoms with Gasteiger partial charge in [0.1, 0.15) is 6.04 Å². The Hall–Kier alpha value is -3.09. The van der Waals surface area contributed by atoms with Gasteiger partial charge in [0.05, 0.1) is 18.5 Å². The van der Waals surface area contributed by atoms with Crippen LogP contribution in [0.15, 0.2) is 45.3 Å². The molecule has 4 amide bonds. The molecular formula is C36H48Br2N8O6S. The van der Waals surface area contributed by atoms with Crippen LogP contribution in [0.4, 0.5) is 16.2 Å². The van der Waals surface area contributed by atoms with E-state index in [9.17, 15) is 27.6 Å². The Morgan fingerprint density at radius 2 is 1.53 bits per heavy atom. The number of piperazine rings is 1. The number of urea groups is 1. The zero-order chi connectivity index (χ0) is 37.9. The number of carbonyl (C=O) groups is 4. The number of halogens is 2. The highest BCUT2D eigenvalue weighted by atomic mass is 79.9. The van der Waals surface area contributed by atoms with Crippen molar-refractivity contribution in [2.75, 3.05) is 82.8 Å². The lowest BCUT2D eigenvalue weighted by molar-refractivity contribution is -0.138. The molecule has 3 saturated heterocycles. The number of fused-ring (bicyclic) bond motifs is 1. The van der Waals surface area contributed by atoms with Gasteiger partial charge in [-0.25, -0.2) is 13.2 Å². The van der Waals surface area contributed by atoms with Gasteiger partial charge in [0.15, 0.2) is 5.78 Å². The van der Waals surface area contributed by atoms with Gasteiger partial charge in [-0.05, 0) is 87.7 Å². The Morgan fingerprint density at radius 3 is 2.17 bits per heavy atom. The summed E-state index contributed by atoms with van der Waals surface area (Å²) in [6, 6.07) is 10.1. The molecule has 4 aliphatic rings. The summed E-state index contributed by atoms with van der Waals surface area (Å²) in [5.74, 6) is -0.956. The number of sulfonamides is 1. The number of benzene rings is 2. The van der Waals surface area contributed by atoms with Gasteiger partial charge < -0.3 is 26.2 Å². The first kappa shape index (κ1) is 39.6. The number of nitrogens with zero attached hydrogens (tertiary/aromatic N) is 5. The first-order valence-electron chi connectivity index (χ1n) is 18.2. The number of hydrogen-bond acceptors (Lipinski definition) is 9. The van der Waals surface area contributed by atoms with Gasteiger partial charge in [-0.2, -0.15) is 4.31 Å². The average Bonchev–Trinajstić information content (AvgIpc) is 3.31. The van der Waals surface area contributed by atoms with E-state index in [1.165, 1.54) is 10.6 Å². The van der Waals surface area contributed by atoms with E-state index in [1.54, 1.807) is 17.0 Å². The molecule has 0 radical (unpaired) electrons. The van der Waals surface area contributed by atoms with Crippen LogP contribution in [-0.4, -0.2) is 146 Å². The highest BCUT2D eigenvalue weighted by Crippen LogP contribution is 2.31. The molecule has 6 rings (SSSR count). The average molecular weight is 881 g/mol. The number of amides is 4. The number of nitrogens with two attached hydrogens (primary N) is 1. The first-order valence-corrected chi connectivity index (χ1v) is 21.6. The zero-order valence-electron chi connectivity index (χ0n) is 29.9. The molecule has 17 heteroatoms. The molecular weight excluding hydrogens is 832 g/mol. The lowest BCUT2D eigenvalue weighted by Crippen LogP contribution is -2.56. The third-order valence-corrected chi connectivity index (χ3v) is 13.6. The van der Waals surface area contributed by atoms with Crippen LogP contribution in [0.1, 0.15) is 48.0 Å². The Balaban J connectivity index is 1.06. The lowest BCUT2D eigenvalue weighted by atomic mass is 9.99. The van der Waals surface area contributed by atoms with Crippen molar-refractivity contribution in [1.82, 2.24) is 29.2 Å². The Labute approximate surface area is 328 Å². The number of hydrogen-bond donors (Lipinski definition) is 3. The number of ketones is 1. The van der Waals surface area contributed by atoms with E-state index in [1.807, 2.05) is 29.2 Å². The summed E-state index contributed by atoms with van der Waals surface area (Å²) in [5.41, 5.74) is 8.77. The molecule has 1 unspecified atom stereocenters. The van der Waals surface area contributed by atoms with Gasteiger partial charge in [-0.3, -0.25) is 24.2 Å². The molecule has 14 nitrogen and oxygen atoms in total. The van der Waals surface area contributed by atoms with E-state index < -0.39 is 16.1 Å². The van der Waals surface area contributed by atoms with Gasteiger partial charge in [0, 0.05) is 97.6 Å². The van der Waals surface area contributed by atoms with Gasteiger partial charge in [0.25, 0.3) is 0 Å². The summed E-state index contributed by atoms with van der Waals surface area (Å²) >= 11 is 6.79. The molecule has 1 atom stereocenters. The van der Waals surface area contributed by atoms with Crippen molar-refractivity contribution in [3.63, 3.8) is 0 Å².